The largest absolute Gasteiger partial charge is 0.345 e. The highest BCUT2D eigenvalue weighted by atomic mass is 32.2. The molecule has 0 saturated carbocycles. The van der Waals surface area contributed by atoms with Gasteiger partial charge in [0, 0.05) is 12.3 Å². The highest BCUT2D eigenvalue weighted by Gasteiger charge is 2.46. The molecule has 7 heteroatoms. The summed E-state index contributed by atoms with van der Waals surface area (Å²) < 4.78 is 37.2. The Kier molecular flexibility index (Phi) is 5.23. The van der Waals surface area contributed by atoms with Crippen molar-refractivity contribution < 1.29 is 12.8 Å². The topological polar surface area (TPSA) is 49.7 Å². The Morgan fingerprint density at radius 1 is 1.04 bits per heavy atom. The smallest absolute Gasteiger partial charge is 0.160 e. The lowest BCUT2D eigenvalue weighted by atomic mass is 10.1. The fourth-order valence-electron chi connectivity index (χ4n) is 3.59. The minimum Gasteiger partial charge on any atom is -0.345 e. The van der Waals surface area contributed by atoms with Crippen LogP contribution in [-0.2, 0) is 22.0 Å². The van der Waals surface area contributed by atoms with Crippen LogP contribution in [0.1, 0.15) is 11.1 Å². The standard InChI is InChI=1S/C20H21FN2O2S2/c21-17-8-6-15(7-9-17)10-11-23-19-14-27(24,25)13-18(19)22-20(23)26-12-16-4-2-1-3-5-16/h1-9,18-19H,10-14H2/t18-,19-/m0/s1. The second-order valence-corrected chi connectivity index (χ2v) is 10.1. The molecule has 2 aromatic rings. The van der Waals surface area contributed by atoms with Crippen LogP contribution < -0.4 is 0 Å². The van der Waals surface area contributed by atoms with E-state index in [0.717, 1.165) is 22.9 Å². The van der Waals surface area contributed by atoms with Gasteiger partial charge in [0.05, 0.1) is 23.6 Å². The SMILES string of the molecule is O=S1(=O)C[C@@H]2N=C(SCc3ccccc3)N(CCc3ccc(F)cc3)[C@H]2C1. The van der Waals surface area contributed by atoms with Gasteiger partial charge in [-0.25, -0.2) is 12.8 Å². The molecule has 2 heterocycles. The summed E-state index contributed by atoms with van der Waals surface area (Å²) in [7, 11) is -3.03. The normalized spacial score (nSPS) is 23.3. The molecular formula is C20H21FN2O2S2. The molecule has 4 nitrogen and oxygen atoms in total. The first-order chi connectivity index (χ1) is 13.0. The molecule has 0 spiro atoms. The number of hydrogen-bond donors (Lipinski definition) is 0. The van der Waals surface area contributed by atoms with Crippen molar-refractivity contribution in [2.24, 2.45) is 4.99 Å². The van der Waals surface area contributed by atoms with Crippen molar-refractivity contribution in [3.05, 3.63) is 71.5 Å². The Labute approximate surface area is 163 Å². The minimum absolute atomic E-state index is 0.0753. The molecule has 142 valence electrons. The summed E-state index contributed by atoms with van der Waals surface area (Å²) in [5.41, 5.74) is 2.25. The van der Waals surface area contributed by atoms with Crippen LogP contribution in [0, 0.1) is 5.82 Å². The Bertz CT molecular complexity index is 930. The third-order valence-electron chi connectivity index (χ3n) is 4.98. The molecule has 0 amide bonds. The third-order valence-corrected chi connectivity index (χ3v) is 7.76. The number of sulfone groups is 1. The van der Waals surface area contributed by atoms with Gasteiger partial charge >= 0.3 is 0 Å². The van der Waals surface area contributed by atoms with E-state index in [1.165, 1.54) is 17.7 Å². The van der Waals surface area contributed by atoms with Crippen LogP contribution in [0.2, 0.25) is 0 Å². The van der Waals surface area contributed by atoms with Crippen LogP contribution >= 0.6 is 11.8 Å². The molecule has 0 bridgehead atoms. The van der Waals surface area contributed by atoms with E-state index in [1.807, 2.05) is 18.2 Å². The number of aliphatic imine (C=N–C) groups is 1. The van der Waals surface area contributed by atoms with E-state index in [0.29, 0.717) is 6.54 Å². The van der Waals surface area contributed by atoms with Gasteiger partial charge in [0.15, 0.2) is 15.0 Å². The second-order valence-electron chi connectivity index (χ2n) is 6.97. The van der Waals surface area contributed by atoms with Crippen molar-refractivity contribution in [3.63, 3.8) is 0 Å². The molecule has 4 rings (SSSR count). The molecule has 2 atom stereocenters. The number of thioether (sulfide) groups is 1. The summed E-state index contributed by atoms with van der Waals surface area (Å²) in [4.78, 5) is 6.88. The first-order valence-electron chi connectivity index (χ1n) is 8.96. The zero-order valence-electron chi connectivity index (χ0n) is 14.8. The quantitative estimate of drug-likeness (QED) is 0.768. The predicted octanol–water partition coefficient (Wildman–Crippen LogP) is 3.14. The van der Waals surface area contributed by atoms with Crippen LogP contribution in [0.15, 0.2) is 59.6 Å². The lowest BCUT2D eigenvalue weighted by Gasteiger charge is -2.26. The van der Waals surface area contributed by atoms with Crippen molar-refractivity contribution in [1.29, 1.82) is 0 Å². The van der Waals surface area contributed by atoms with E-state index in [2.05, 4.69) is 17.0 Å². The lowest BCUT2D eigenvalue weighted by molar-refractivity contribution is 0.352. The van der Waals surface area contributed by atoms with E-state index in [4.69, 9.17) is 4.99 Å². The summed E-state index contributed by atoms with van der Waals surface area (Å²) >= 11 is 1.66. The van der Waals surface area contributed by atoms with Crippen molar-refractivity contribution in [3.8, 4) is 0 Å². The molecule has 1 fully saturated rings. The van der Waals surface area contributed by atoms with Crippen LogP contribution in [0.25, 0.3) is 0 Å². The number of benzene rings is 2. The molecular weight excluding hydrogens is 383 g/mol. The number of halogens is 1. The van der Waals surface area contributed by atoms with Gasteiger partial charge in [0.25, 0.3) is 0 Å². The molecule has 0 N–H and O–H groups in total. The molecule has 2 aromatic carbocycles. The van der Waals surface area contributed by atoms with Gasteiger partial charge in [-0.05, 0) is 29.7 Å². The number of rotatable bonds is 5. The molecule has 0 unspecified atom stereocenters. The Morgan fingerprint density at radius 3 is 2.52 bits per heavy atom. The van der Waals surface area contributed by atoms with Crippen LogP contribution in [-0.4, -0.2) is 48.6 Å². The van der Waals surface area contributed by atoms with E-state index in [-0.39, 0.29) is 29.4 Å². The summed E-state index contributed by atoms with van der Waals surface area (Å²) in [5.74, 6) is 0.862. The zero-order valence-corrected chi connectivity index (χ0v) is 16.4. The Morgan fingerprint density at radius 2 is 1.78 bits per heavy atom. The highest BCUT2D eigenvalue weighted by Crippen LogP contribution is 2.32. The van der Waals surface area contributed by atoms with Crippen molar-refractivity contribution >= 4 is 26.8 Å². The molecule has 0 aromatic heterocycles. The maximum Gasteiger partial charge on any atom is 0.160 e. The molecule has 0 aliphatic carbocycles. The highest BCUT2D eigenvalue weighted by molar-refractivity contribution is 8.13. The molecule has 0 radical (unpaired) electrons. The average molecular weight is 405 g/mol. The van der Waals surface area contributed by atoms with Crippen LogP contribution in [0.3, 0.4) is 0 Å². The molecule has 27 heavy (non-hydrogen) atoms. The summed E-state index contributed by atoms with van der Waals surface area (Å²) in [6.45, 7) is 0.683. The van der Waals surface area contributed by atoms with Gasteiger partial charge in [-0.2, -0.15) is 0 Å². The predicted molar refractivity (Wildman–Crippen MR) is 108 cm³/mol. The van der Waals surface area contributed by atoms with E-state index >= 15 is 0 Å². The van der Waals surface area contributed by atoms with E-state index < -0.39 is 9.84 Å². The van der Waals surface area contributed by atoms with Crippen molar-refractivity contribution in [2.75, 3.05) is 18.1 Å². The van der Waals surface area contributed by atoms with Crippen LogP contribution in [0.4, 0.5) is 4.39 Å². The lowest BCUT2D eigenvalue weighted by Crippen LogP contribution is -2.40. The number of hydrogen-bond acceptors (Lipinski definition) is 5. The third kappa shape index (κ3) is 4.35. The van der Waals surface area contributed by atoms with E-state index in [1.54, 1.807) is 23.9 Å². The van der Waals surface area contributed by atoms with Crippen LogP contribution in [0.5, 0.6) is 0 Å². The summed E-state index contributed by atoms with van der Waals surface area (Å²) in [6, 6.07) is 16.4. The number of fused-ring (bicyclic) bond motifs is 1. The van der Waals surface area contributed by atoms with Gasteiger partial charge in [0.1, 0.15) is 5.82 Å². The van der Waals surface area contributed by atoms with Crippen molar-refractivity contribution in [2.45, 2.75) is 24.3 Å². The first-order valence-corrected chi connectivity index (χ1v) is 11.8. The Hall–Kier alpha value is -1.86. The maximum atomic E-state index is 13.1. The Balaban J connectivity index is 1.48. The number of nitrogens with zero attached hydrogens (tertiary/aromatic N) is 2. The van der Waals surface area contributed by atoms with Crippen molar-refractivity contribution in [1.82, 2.24) is 4.90 Å². The fourth-order valence-corrected chi connectivity index (χ4v) is 6.56. The fraction of sp³-hybridized carbons (Fsp3) is 0.350. The van der Waals surface area contributed by atoms with Gasteiger partial charge < -0.3 is 4.90 Å². The van der Waals surface area contributed by atoms with Gasteiger partial charge in [-0.15, -0.1) is 0 Å². The van der Waals surface area contributed by atoms with E-state index in [9.17, 15) is 12.8 Å². The van der Waals surface area contributed by atoms with Gasteiger partial charge in [-0.3, -0.25) is 4.99 Å². The molecule has 2 aliphatic rings. The zero-order chi connectivity index (χ0) is 18.9. The first kappa shape index (κ1) is 18.5. The summed E-state index contributed by atoms with van der Waals surface area (Å²) in [5, 5.41) is 0.922. The molecule has 2 aliphatic heterocycles. The monoisotopic (exact) mass is 404 g/mol. The summed E-state index contributed by atoms with van der Waals surface area (Å²) in [6.07, 6.45) is 0.731. The number of amidine groups is 1. The molecule has 1 saturated heterocycles. The maximum absolute atomic E-state index is 13.1. The minimum atomic E-state index is -3.03. The second kappa shape index (κ2) is 7.64. The average Bonchev–Trinajstić information content (AvgIpc) is 3.12. The van der Waals surface area contributed by atoms with Gasteiger partial charge in [-0.1, -0.05) is 54.2 Å². The van der Waals surface area contributed by atoms with Gasteiger partial charge in [0.2, 0.25) is 0 Å².